The van der Waals surface area contributed by atoms with Gasteiger partial charge in [-0.1, -0.05) is 41.6 Å². The lowest BCUT2D eigenvalue weighted by molar-refractivity contribution is 0.177. The molecule has 0 aliphatic carbocycles. The Morgan fingerprint density at radius 2 is 2.00 bits per heavy atom. The lowest BCUT2D eigenvalue weighted by Crippen LogP contribution is -1.98. The molecule has 0 amide bonds. The van der Waals surface area contributed by atoms with Crippen LogP contribution in [0.15, 0.2) is 46.3 Å². The largest absolute Gasteiger partial charge is 0.377 e. The van der Waals surface area contributed by atoms with Crippen LogP contribution in [-0.2, 0) is 11.3 Å². The smallest absolute Gasteiger partial charge is 0.156 e. The predicted octanol–water partition coefficient (Wildman–Crippen LogP) is 3.43. The third-order valence-corrected chi connectivity index (χ3v) is 3.08. The average Bonchev–Trinajstić information content (AvgIpc) is 2.30. The van der Waals surface area contributed by atoms with Crippen molar-refractivity contribution in [2.24, 2.45) is 0 Å². The number of ether oxygens (including phenoxy) is 1. The van der Waals surface area contributed by atoms with Gasteiger partial charge in [-0.2, -0.15) is 0 Å². The van der Waals surface area contributed by atoms with Gasteiger partial charge in [0.25, 0.3) is 0 Å². The second-order valence-corrected chi connectivity index (χ2v) is 4.77. The quantitative estimate of drug-likeness (QED) is 0.794. The second kappa shape index (κ2) is 6.00. The van der Waals surface area contributed by atoms with Crippen molar-refractivity contribution in [3.05, 3.63) is 47.4 Å². The lowest BCUT2D eigenvalue weighted by Gasteiger charge is -2.04. The fraction of sp³-hybridized carbons (Fsp3) is 0.167. The van der Waals surface area contributed by atoms with Gasteiger partial charge in [0.2, 0.25) is 0 Å². The maximum absolute atomic E-state index is 5.93. The van der Waals surface area contributed by atoms with Crippen LogP contribution in [0, 0.1) is 0 Å². The monoisotopic (exact) mass is 266 g/mol. The molecule has 1 heterocycles. The van der Waals surface area contributed by atoms with Crippen molar-refractivity contribution in [3.63, 3.8) is 0 Å². The number of rotatable bonds is 4. The van der Waals surface area contributed by atoms with Crippen molar-refractivity contribution in [2.75, 3.05) is 7.11 Å². The van der Waals surface area contributed by atoms with E-state index in [0.717, 1.165) is 9.92 Å². The maximum Gasteiger partial charge on any atom is 0.156 e. The van der Waals surface area contributed by atoms with Gasteiger partial charge in [-0.15, -0.1) is 0 Å². The molecule has 0 unspecified atom stereocenters. The van der Waals surface area contributed by atoms with Crippen molar-refractivity contribution in [3.8, 4) is 0 Å². The van der Waals surface area contributed by atoms with E-state index in [1.807, 2.05) is 30.3 Å². The summed E-state index contributed by atoms with van der Waals surface area (Å²) in [6.07, 6.45) is 0. The van der Waals surface area contributed by atoms with Crippen molar-refractivity contribution in [1.29, 1.82) is 0 Å². The van der Waals surface area contributed by atoms with E-state index in [1.54, 1.807) is 24.9 Å². The van der Waals surface area contributed by atoms with Gasteiger partial charge in [0.15, 0.2) is 5.82 Å². The first-order valence-corrected chi connectivity index (χ1v) is 6.22. The summed E-state index contributed by atoms with van der Waals surface area (Å²) < 4.78 is 5.00. The first kappa shape index (κ1) is 12.4. The number of methoxy groups -OCH3 is 1. The van der Waals surface area contributed by atoms with Crippen LogP contribution >= 0.6 is 23.4 Å². The molecule has 0 saturated heterocycles. The van der Waals surface area contributed by atoms with Crippen molar-refractivity contribution < 1.29 is 4.74 Å². The van der Waals surface area contributed by atoms with Crippen LogP contribution in [-0.4, -0.2) is 17.1 Å². The molecule has 0 bridgehead atoms. The van der Waals surface area contributed by atoms with Crippen LogP contribution in [0.5, 0.6) is 0 Å². The van der Waals surface area contributed by atoms with E-state index in [2.05, 4.69) is 9.97 Å². The molecule has 0 aliphatic rings. The van der Waals surface area contributed by atoms with Crippen molar-refractivity contribution in [1.82, 2.24) is 9.97 Å². The molecule has 1 aromatic carbocycles. The molecule has 5 heteroatoms. The number of hydrogen-bond acceptors (Lipinski definition) is 4. The first-order chi connectivity index (χ1) is 8.28. The summed E-state index contributed by atoms with van der Waals surface area (Å²) in [6, 6.07) is 11.8. The number of halogens is 1. The fourth-order valence-corrected chi connectivity index (χ4v) is 2.42. The molecule has 2 aromatic rings. The number of aromatic nitrogens is 2. The standard InChI is InChI=1S/C12H11ClN2OS/c1-16-8-11-14-10(13)7-12(15-11)17-9-5-3-2-4-6-9/h2-7H,8H2,1H3. The van der Waals surface area contributed by atoms with Gasteiger partial charge >= 0.3 is 0 Å². The van der Waals surface area contributed by atoms with Gasteiger partial charge in [0.1, 0.15) is 16.8 Å². The highest BCUT2D eigenvalue weighted by Crippen LogP contribution is 2.27. The van der Waals surface area contributed by atoms with Crippen molar-refractivity contribution in [2.45, 2.75) is 16.5 Å². The average molecular weight is 267 g/mol. The highest BCUT2D eigenvalue weighted by molar-refractivity contribution is 7.99. The van der Waals surface area contributed by atoms with Gasteiger partial charge < -0.3 is 4.74 Å². The van der Waals surface area contributed by atoms with Gasteiger partial charge in [-0.25, -0.2) is 9.97 Å². The molecule has 17 heavy (non-hydrogen) atoms. The Labute approximate surface area is 109 Å². The van der Waals surface area contributed by atoms with Gasteiger partial charge in [0.05, 0.1) is 0 Å². The Morgan fingerprint density at radius 3 is 2.71 bits per heavy atom. The molecular weight excluding hydrogens is 256 g/mol. The van der Waals surface area contributed by atoms with Crippen molar-refractivity contribution >= 4 is 23.4 Å². The molecule has 1 aromatic heterocycles. The van der Waals surface area contributed by atoms with Crippen LogP contribution in [0.25, 0.3) is 0 Å². The van der Waals surface area contributed by atoms with E-state index in [1.165, 1.54) is 0 Å². The third kappa shape index (κ3) is 3.70. The summed E-state index contributed by atoms with van der Waals surface area (Å²) in [6.45, 7) is 0.364. The zero-order valence-corrected chi connectivity index (χ0v) is 10.8. The SMILES string of the molecule is COCc1nc(Cl)cc(Sc2ccccc2)n1. The van der Waals surface area contributed by atoms with Crippen LogP contribution in [0.2, 0.25) is 5.15 Å². The van der Waals surface area contributed by atoms with E-state index in [-0.39, 0.29) is 0 Å². The Hall–Kier alpha value is -1.10. The normalized spacial score (nSPS) is 10.5. The van der Waals surface area contributed by atoms with Gasteiger partial charge in [-0.05, 0) is 12.1 Å². The topological polar surface area (TPSA) is 35.0 Å². The fourth-order valence-electron chi connectivity index (χ4n) is 1.30. The maximum atomic E-state index is 5.93. The van der Waals surface area contributed by atoms with Crippen LogP contribution in [0.1, 0.15) is 5.82 Å². The number of nitrogens with zero attached hydrogens (tertiary/aromatic N) is 2. The molecule has 0 N–H and O–H groups in total. The highest BCUT2D eigenvalue weighted by atomic mass is 35.5. The summed E-state index contributed by atoms with van der Waals surface area (Å²) in [5.41, 5.74) is 0. The molecular formula is C12H11ClN2OS. The molecule has 0 aliphatic heterocycles. The molecule has 2 rings (SSSR count). The minimum Gasteiger partial charge on any atom is -0.377 e. The molecule has 0 fully saturated rings. The third-order valence-electron chi connectivity index (χ3n) is 1.96. The van der Waals surface area contributed by atoms with Gasteiger partial charge in [-0.3, -0.25) is 0 Å². The molecule has 0 saturated carbocycles. The number of hydrogen-bond donors (Lipinski definition) is 0. The van der Waals surface area contributed by atoms with E-state index >= 15 is 0 Å². The summed E-state index contributed by atoms with van der Waals surface area (Å²) in [5.74, 6) is 0.596. The van der Waals surface area contributed by atoms with Crippen LogP contribution < -0.4 is 0 Å². The van der Waals surface area contributed by atoms with E-state index in [9.17, 15) is 0 Å². The Balaban J connectivity index is 2.21. The van der Waals surface area contributed by atoms with E-state index in [0.29, 0.717) is 17.6 Å². The van der Waals surface area contributed by atoms with E-state index in [4.69, 9.17) is 16.3 Å². The minimum atomic E-state index is 0.364. The summed E-state index contributed by atoms with van der Waals surface area (Å²) in [4.78, 5) is 9.56. The predicted molar refractivity (Wildman–Crippen MR) is 68.3 cm³/mol. The Morgan fingerprint density at radius 1 is 1.24 bits per heavy atom. The minimum absolute atomic E-state index is 0.364. The zero-order valence-electron chi connectivity index (χ0n) is 9.26. The molecule has 0 spiro atoms. The molecule has 88 valence electrons. The summed E-state index contributed by atoms with van der Waals surface area (Å²) in [5, 5.41) is 1.26. The first-order valence-electron chi connectivity index (χ1n) is 5.03. The molecule has 0 atom stereocenters. The second-order valence-electron chi connectivity index (χ2n) is 3.29. The van der Waals surface area contributed by atoms with Crippen LogP contribution in [0.4, 0.5) is 0 Å². The molecule has 3 nitrogen and oxygen atoms in total. The Bertz CT molecular complexity index is 493. The highest BCUT2D eigenvalue weighted by Gasteiger charge is 2.04. The molecule has 0 radical (unpaired) electrons. The van der Waals surface area contributed by atoms with E-state index < -0.39 is 0 Å². The lowest BCUT2D eigenvalue weighted by atomic mass is 10.4. The zero-order chi connectivity index (χ0) is 12.1. The number of benzene rings is 1. The summed E-state index contributed by atoms with van der Waals surface area (Å²) >= 11 is 7.48. The van der Waals surface area contributed by atoms with Crippen LogP contribution in [0.3, 0.4) is 0 Å². The van der Waals surface area contributed by atoms with Gasteiger partial charge in [0, 0.05) is 18.1 Å². The Kier molecular flexibility index (Phi) is 4.36. The summed E-state index contributed by atoms with van der Waals surface area (Å²) in [7, 11) is 1.61.